The summed E-state index contributed by atoms with van der Waals surface area (Å²) in [6.07, 6.45) is 0. The molecule has 1 aliphatic heterocycles. The Bertz CT molecular complexity index is 2030. The van der Waals surface area contributed by atoms with Crippen LogP contribution in [0, 0.1) is 18.6 Å². The van der Waals surface area contributed by atoms with Crippen molar-refractivity contribution in [2.45, 2.75) is 25.2 Å². The summed E-state index contributed by atoms with van der Waals surface area (Å²) in [6.45, 7) is 3.38. The second kappa shape index (κ2) is 12.0. The van der Waals surface area contributed by atoms with Crippen LogP contribution in [-0.2, 0) is 10.2 Å². The Morgan fingerprint density at radius 1 is 1.09 bits per heavy atom. The van der Waals surface area contributed by atoms with E-state index >= 15 is 4.39 Å². The number of carbonyl (C=O) groups excluding carboxylic acids is 2. The van der Waals surface area contributed by atoms with E-state index in [4.69, 9.17) is 31.8 Å². The van der Waals surface area contributed by atoms with Gasteiger partial charge in [0, 0.05) is 40.6 Å². The van der Waals surface area contributed by atoms with E-state index in [0.29, 0.717) is 45.2 Å². The second-order valence-electron chi connectivity index (χ2n) is 11.3. The monoisotopic (exact) mass is 643 g/mol. The Kier molecular flexibility index (Phi) is 8.03. The van der Waals surface area contributed by atoms with Gasteiger partial charge >= 0.3 is 0 Å². The Morgan fingerprint density at radius 3 is 2.57 bits per heavy atom. The van der Waals surface area contributed by atoms with E-state index in [1.54, 1.807) is 32.0 Å². The van der Waals surface area contributed by atoms with Crippen molar-refractivity contribution in [2.75, 3.05) is 20.3 Å². The van der Waals surface area contributed by atoms with Gasteiger partial charge in [0.15, 0.2) is 0 Å². The molecule has 234 valence electrons. The number of nitrogens with one attached hydrogen (secondary N) is 1. The van der Waals surface area contributed by atoms with Crippen molar-refractivity contribution in [1.29, 1.82) is 0 Å². The van der Waals surface area contributed by atoms with E-state index in [9.17, 15) is 14.0 Å². The number of amides is 2. The first-order valence-electron chi connectivity index (χ1n) is 14.3. The van der Waals surface area contributed by atoms with Crippen molar-refractivity contribution in [3.8, 4) is 22.8 Å². The van der Waals surface area contributed by atoms with E-state index in [2.05, 4.69) is 15.5 Å². The van der Waals surface area contributed by atoms with E-state index in [1.807, 2.05) is 36.4 Å². The molecule has 3 N–H and O–H groups in total. The Morgan fingerprint density at radius 2 is 1.85 bits per heavy atom. The third kappa shape index (κ3) is 5.47. The van der Waals surface area contributed by atoms with Crippen LogP contribution in [-0.4, -0.2) is 47.3 Å². The maximum Gasteiger partial charge on any atom is 0.251 e. The van der Waals surface area contributed by atoms with E-state index in [0.717, 1.165) is 11.6 Å². The average molecular weight is 644 g/mol. The van der Waals surface area contributed by atoms with Gasteiger partial charge in [0.1, 0.15) is 46.4 Å². The van der Waals surface area contributed by atoms with Crippen LogP contribution in [0.15, 0.2) is 66.7 Å². The Balaban J connectivity index is 1.46. The minimum absolute atomic E-state index is 0.0277. The van der Waals surface area contributed by atoms with Crippen molar-refractivity contribution >= 4 is 34.3 Å². The third-order valence-electron chi connectivity index (χ3n) is 8.19. The van der Waals surface area contributed by atoms with Gasteiger partial charge < -0.3 is 20.5 Å². The summed E-state index contributed by atoms with van der Waals surface area (Å²) < 4.78 is 40.8. The molecule has 5 aromatic rings. The fraction of sp³-hybridized carbons (Fsp3) is 0.206. The summed E-state index contributed by atoms with van der Waals surface area (Å²) in [5.41, 5.74) is 7.57. The molecule has 1 aliphatic rings. The van der Waals surface area contributed by atoms with Crippen LogP contribution in [0.1, 0.15) is 45.7 Å². The number of hydrogen-bond acceptors (Lipinski definition) is 7. The molecule has 2 amide bonds. The number of pyridine rings is 1. The molecule has 3 aromatic carbocycles. The predicted molar refractivity (Wildman–Crippen MR) is 168 cm³/mol. The SMILES string of the molecule is COc1cc(C(=O)NC[C@@H](c2ccccc2)c2cc3c(c(-c4cc(Cl)c(F)cc4F)n2)OC[C@]3(C)C(N)=O)cc2cc(C)nnc12. The molecule has 6 rings (SSSR count). The quantitative estimate of drug-likeness (QED) is 0.209. The Labute approximate surface area is 267 Å². The average Bonchev–Trinajstić information content (AvgIpc) is 3.40. The van der Waals surface area contributed by atoms with Gasteiger partial charge in [-0.05, 0) is 49.7 Å². The molecule has 0 radical (unpaired) electrons. The van der Waals surface area contributed by atoms with Crippen LogP contribution in [0.2, 0.25) is 5.02 Å². The molecule has 3 heterocycles. The predicted octanol–water partition coefficient (Wildman–Crippen LogP) is 5.64. The highest BCUT2D eigenvalue weighted by Gasteiger charge is 2.44. The number of carbonyl (C=O) groups is 2. The molecule has 2 aromatic heterocycles. The summed E-state index contributed by atoms with van der Waals surface area (Å²) in [7, 11) is 1.49. The van der Waals surface area contributed by atoms with Crippen molar-refractivity contribution < 1.29 is 27.8 Å². The van der Waals surface area contributed by atoms with E-state index in [-0.39, 0.29) is 35.2 Å². The number of benzene rings is 3. The topological polar surface area (TPSA) is 129 Å². The number of aromatic nitrogens is 3. The van der Waals surface area contributed by atoms with Gasteiger partial charge in [-0.3, -0.25) is 9.59 Å². The second-order valence-corrected chi connectivity index (χ2v) is 11.7. The summed E-state index contributed by atoms with van der Waals surface area (Å²) in [5.74, 6) is -2.94. The molecule has 0 saturated carbocycles. The van der Waals surface area contributed by atoms with Gasteiger partial charge in [0.2, 0.25) is 5.91 Å². The zero-order valence-corrected chi connectivity index (χ0v) is 25.8. The minimum Gasteiger partial charge on any atom is -0.494 e. The maximum absolute atomic E-state index is 15.3. The molecule has 0 bridgehead atoms. The van der Waals surface area contributed by atoms with E-state index in [1.165, 1.54) is 7.11 Å². The molecule has 0 unspecified atom stereocenters. The molecule has 2 atom stereocenters. The molecule has 9 nitrogen and oxygen atoms in total. The number of nitrogens with two attached hydrogens (primary N) is 1. The van der Waals surface area contributed by atoms with Crippen molar-refractivity contribution in [3.05, 3.63) is 111 Å². The number of halogens is 3. The summed E-state index contributed by atoms with van der Waals surface area (Å²) in [5, 5.41) is 11.6. The number of aryl methyl sites for hydroxylation is 1. The van der Waals surface area contributed by atoms with Crippen LogP contribution in [0.5, 0.6) is 11.5 Å². The van der Waals surface area contributed by atoms with Gasteiger partial charge in [-0.1, -0.05) is 41.9 Å². The number of fused-ring (bicyclic) bond motifs is 2. The molecule has 0 saturated heterocycles. The molecule has 0 fully saturated rings. The largest absolute Gasteiger partial charge is 0.494 e. The number of rotatable bonds is 8. The van der Waals surface area contributed by atoms with Gasteiger partial charge in [-0.15, -0.1) is 5.10 Å². The van der Waals surface area contributed by atoms with Crippen molar-refractivity contribution in [2.24, 2.45) is 5.73 Å². The van der Waals surface area contributed by atoms with Crippen LogP contribution < -0.4 is 20.5 Å². The van der Waals surface area contributed by atoms with Gasteiger partial charge in [-0.25, -0.2) is 13.8 Å². The number of primary amides is 1. The third-order valence-corrected chi connectivity index (χ3v) is 8.48. The van der Waals surface area contributed by atoms with E-state index < -0.39 is 34.8 Å². The van der Waals surface area contributed by atoms with Crippen LogP contribution in [0.25, 0.3) is 22.2 Å². The minimum atomic E-state index is -1.27. The van der Waals surface area contributed by atoms with Gasteiger partial charge in [-0.2, -0.15) is 5.10 Å². The fourth-order valence-corrected chi connectivity index (χ4v) is 5.73. The number of hydrogen-bond donors (Lipinski definition) is 2. The smallest absolute Gasteiger partial charge is 0.251 e. The lowest BCUT2D eigenvalue weighted by atomic mass is 9.81. The maximum atomic E-state index is 15.3. The lowest BCUT2D eigenvalue weighted by Gasteiger charge is -2.23. The number of methoxy groups -OCH3 is 1. The standard InChI is InChI=1S/C34H28ClF2N5O4/c1-17-9-19-10-20(11-28(45-3)29(19)42-41-17)32(43)39-15-22(18-7-5-4-6-8-18)27-13-23-31(46-16-34(23,2)33(38)44)30(40-27)21-12-24(35)26(37)14-25(21)36/h4-14,22H,15-16H2,1-3H3,(H2,38,44)(H,39,43)/t22-,34-/m0/s1. The van der Waals surface area contributed by atoms with Crippen molar-refractivity contribution in [3.63, 3.8) is 0 Å². The zero-order chi connectivity index (χ0) is 32.7. The first-order chi connectivity index (χ1) is 22.0. The van der Waals surface area contributed by atoms with Gasteiger partial charge in [0.25, 0.3) is 5.91 Å². The first-order valence-corrected chi connectivity index (χ1v) is 14.7. The van der Waals surface area contributed by atoms with Crippen LogP contribution in [0.4, 0.5) is 8.78 Å². The Hall–Kier alpha value is -5.16. The van der Waals surface area contributed by atoms with Crippen molar-refractivity contribution in [1.82, 2.24) is 20.5 Å². The fourth-order valence-electron chi connectivity index (χ4n) is 5.56. The molecule has 12 heteroatoms. The van der Waals surface area contributed by atoms with Crippen LogP contribution >= 0.6 is 11.6 Å². The molecule has 0 spiro atoms. The van der Waals surface area contributed by atoms with Crippen LogP contribution in [0.3, 0.4) is 0 Å². The summed E-state index contributed by atoms with van der Waals surface area (Å²) in [4.78, 5) is 31.1. The number of ether oxygens (including phenoxy) is 2. The normalized spacial score (nSPS) is 16.0. The lowest BCUT2D eigenvalue weighted by Crippen LogP contribution is -2.40. The summed E-state index contributed by atoms with van der Waals surface area (Å²) in [6, 6.07) is 17.8. The number of nitrogens with zero attached hydrogens (tertiary/aromatic N) is 3. The lowest BCUT2D eigenvalue weighted by molar-refractivity contribution is -0.123. The molecule has 0 aliphatic carbocycles. The molecular formula is C34H28ClF2N5O4. The highest BCUT2D eigenvalue weighted by atomic mass is 35.5. The molecular weight excluding hydrogens is 616 g/mol. The highest BCUT2D eigenvalue weighted by Crippen LogP contribution is 2.46. The molecule has 46 heavy (non-hydrogen) atoms. The zero-order valence-electron chi connectivity index (χ0n) is 25.0. The van der Waals surface area contributed by atoms with Gasteiger partial charge in [0.05, 0.1) is 23.5 Å². The first kappa shape index (κ1) is 30.8. The summed E-state index contributed by atoms with van der Waals surface area (Å²) >= 11 is 6.05. The highest BCUT2D eigenvalue weighted by molar-refractivity contribution is 6.31.